The van der Waals surface area contributed by atoms with Crippen molar-refractivity contribution in [1.82, 2.24) is 15.6 Å². The molecule has 3 amide bonds. The summed E-state index contributed by atoms with van der Waals surface area (Å²) < 4.78 is 10.8. The zero-order valence-electron chi connectivity index (χ0n) is 19.7. The number of hydrazone groups is 1. The molecule has 3 rings (SSSR count). The van der Waals surface area contributed by atoms with Gasteiger partial charge < -0.3 is 19.7 Å². The van der Waals surface area contributed by atoms with Crippen molar-refractivity contribution in [3.05, 3.63) is 64.7 Å². The fraction of sp³-hybridized carbons (Fsp3) is 0.360. The molecule has 9 nitrogen and oxygen atoms in total. The van der Waals surface area contributed by atoms with E-state index in [-0.39, 0.29) is 18.4 Å². The molecule has 0 aromatic heterocycles. The molecule has 0 bridgehead atoms. The zero-order chi connectivity index (χ0) is 25.2. The number of amides is 3. The molecule has 0 saturated carbocycles. The molecule has 1 aliphatic heterocycles. The highest BCUT2D eigenvalue weighted by Gasteiger charge is 2.25. The Kier molecular flexibility index (Phi) is 9.63. The van der Waals surface area contributed by atoms with E-state index in [0.717, 1.165) is 5.56 Å². The molecule has 1 unspecified atom stereocenters. The predicted molar refractivity (Wildman–Crippen MR) is 133 cm³/mol. The molecule has 0 aliphatic carbocycles. The van der Waals surface area contributed by atoms with Crippen LogP contribution in [0.3, 0.4) is 0 Å². The molecular formula is C25H29ClN4O5. The van der Waals surface area contributed by atoms with Crippen molar-refractivity contribution >= 4 is 35.5 Å². The molecule has 2 aromatic carbocycles. The first kappa shape index (κ1) is 26.2. The van der Waals surface area contributed by atoms with Crippen molar-refractivity contribution in [2.24, 2.45) is 11.0 Å². The van der Waals surface area contributed by atoms with Crippen LogP contribution in [0.4, 0.5) is 0 Å². The molecule has 1 heterocycles. The minimum absolute atomic E-state index is 0.0417. The first-order valence-corrected chi connectivity index (χ1v) is 11.7. The van der Waals surface area contributed by atoms with Crippen LogP contribution < -0.4 is 15.5 Å². The molecule has 1 fully saturated rings. The van der Waals surface area contributed by atoms with Crippen molar-refractivity contribution in [1.29, 1.82) is 0 Å². The SMILES string of the molecule is CC(C)C(NC(=O)c1ccccc1Cl)C(=O)N/N=C/c1ccc(OCC(=O)N2CCOCC2)cc1. The van der Waals surface area contributed by atoms with Crippen molar-refractivity contribution < 1.29 is 23.9 Å². The number of ether oxygens (including phenoxy) is 2. The smallest absolute Gasteiger partial charge is 0.262 e. The van der Waals surface area contributed by atoms with Crippen LogP contribution in [0.2, 0.25) is 5.02 Å². The average Bonchev–Trinajstić information content (AvgIpc) is 2.87. The Labute approximate surface area is 209 Å². The number of rotatable bonds is 9. The first-order chi connectivity index (χ1) is 16.8. The highest BCUT2D eigenvalue weighted by molar-refractivity contribution is 6.33. The number of hydrogen-bond donors (Lipinski definition) is 2. The largest absolute Gasteiger partial charge is 0.484 e. The zero-order valence-corrected chi connectivity index (χ0v) is 20.5. The van der Waals surface area contributed by atoms with E-state index in [4.69, 9.17) is 21.1 Å². The number of carbonyl (C=O) groups excluding carboxylic acids is 3. The molecule has 0 radical (unpaired) electrons. The Balaban J connectivity index is 1.49. The van der Waals surface area contributed by atoms with Gasteiger partial charge in [0.1, 0.15) is 11.8 Å². The van der Waals surface area contributed by atoms with E-state index in [9.17, 15) is 14.4 Å². The Hall–Kier alpha value is -3.43. The molecule has 186 valence electrons. The van der Waals surface area contributed by atoms with Gasteiger partial charge in [0.05, 0.1) is 30.0 Å². The summed E-state index contributed by atoms with van der Waals surface area (Å²) in [5.41, 5.74) is 3.48. The van der Waals surface area contributed by atoms with E-state index in [2.05, 4.69) is 15.8 Å². The van der Waals surface area contributed by atoms with E-state index in [1.54, 1.807) is 53.4 Å². The summed E-state index contributed by atoms with van der Waals surface area (Å²) in [7, 11) is 0. The van der Waals surface area contributed by atoms with Crippen molar-refractivity contribution in [3.8, 4) is 5.75 Å². The van der Waals surface area contributed by atoms with Crippen LogP contribution in [0.25, 0.3) is 0 Å². The summed E-state index contributed by atoms with van der Waals surface area (Å²) in [4.78, 5) is 39.0. The molecular weight excluding hydrogens is 472 g/mol. The number of nitrogens with one attached hydrogen (secondary N) is 2. The normalized spacial score (nSPS) is 14.6. The summed E-state index contributed by atoms with van der Waals surface area (Å²) in [5, 5.41) is 7.01. The summed E-state index contributed by atoms with van der Waals surface area (Å²) in [6, 6.07) is 12.8. The fourth-order valence-corrected chi connectivity index (χ4v) is 3.56. The second-order valence-corrected chi connectivity index (χ2v) is 8.67. The van der Waals surface area contributed by atoms with Crippen molar-refractivity contribution in [2.45, 2.75) is 19.9 Å². The molecule has 1 saturated heterocycles. The highest BCUT2D eigenvalue weighted by Crippen LogP contribution is 2.16. The Morgan fingerprint density at radius 2 is 1.80 bits per heavy atom. The summed E-state index contributed by atoms with van der Waals surface area (Å²) >= 11 is 6.08. The Morgan fingerprint density at radius 3 is 2.46 bits per heavy atom. The summed E-state index contributed by atoms with van der Waals surface area (Å²) in [6.07, 6.45) is 1.48. The maximum Gasteiger partial charge on any atom is 0.262 e. The molecule has 35 heavy (non-hydrogen) atoms. The lowest BCUT2D eigenvalue weighted by atomic mass is 10.0. The van der Waals surface area contributed by atoms with Crippen LogP contribution >= 0.6 is 11.6 Å². The van der Waals surface area contributed by atoms with Gasteiger partial charge in [-0.25, -0.2) is 5.43 Å². The molecule has 2 aromatic rings. The number of nitrogens with zero attached hydrogens (tertiary/aromatic N) is 2. The maximum absolute atomic E-state index is 12.6. The van der Waals surface area contributed by atoms with E-state index >= 15 is 0 Å². The van der Waals surface area contributed by atoms with Gasteiger partial charge in [0, 0.05) is 13.1 Å². The quantitative estimate of drug-likeness (QED) is 0.406. The number of morpholine rings is 1. The van der Waals surface area contributed by atoms with Gasteiger partial charge in [0.15, 0.2) is 6.61 Å². The van der Waals surface area contributed by atoms with E-state index in [0.29, 0.717) is 42.6 Å². The third kappa shape index (κ3) is 7.80. The van der Waals surface area contributed by atoms with Gasteiger partial charge in [-0.15, -0.1) is 0 Å². The van der Waals surface area contributed by atoms with E-state index in [1.807, 2.05) is 13.8 Å². The third-order valence-corrected chi connectivity index (χ3v) is 5.68. The number of hydrogen-bond acceptors (Lipinski definition) is 6. The molecule has 2 N–H and O–H groups in total. The van der Waals surface area contributed by atoms with Gasteiger partial charge in [0.2, 0.25) is 0 Å². The number of carbonyl (C=O) groups is 3. The summed E-state index contributed by atoms with van der Waals surface area (Å²) in [6.45, 7) is 5.84. The minimum Gasteiger partial charge on any atom is -0.484 e. The van der Waals surface area contributed by atoms with Crippen LogP contribution in [-0.2, 0) is 14.3 Å². The van der Waals surface area contributed by atoms with Gasteiger partial charge in [0.25, 0.3) is 17.7 Å². The monoisotopic (exact) mass is 500 g/mol. The molecule has 1 aliphatic rings. The van der Waals surface area contributed by atoms with Gasteiger partial charge >= 0.3 is 0 Å². The Morgan fingerprint density at radius 1 is 1.11 bits per heavy atom. The van der Waals surface area contributed by atoms with Gasteiger partial charge in [-0.2, -0.15) is 5.10 Å². The van der Waals surface area contributed by atoms with Crippen LogP contribution in [0.15, 0.2) is 53.6 Å². The lowest BCUT2D eigenvalue weighted by molar-refractivity contribution is -0.137. The van der Waals surface area contributed by atoms with Gasteiger partial charge in [-0.05, 0) is 47.9 Å². The van der Waals surface area contributed by atoms with E-state index < -0.39 is 17.9 Å². The van der Waals surface area contributed by atoms with E-state index in [1.165, 1.54) is 6.21 Å². The number of benzene rings is 2. The molecule has 1 atom stereocenters. The van der Waals surface area contributed by atoms with Crippen LogP contribution in [0.1, 0.15) is 29.8 Å². The highest BCUT2D eigenvalue weighted by atomic mass is 35.5. The summed E-state index contributed by atoms with van der Waals surface area (Å²) in [5.74, 6) is -0.583. The third-order valence-electron chi connectivity index (χ3n) is 5.35. The fourth-order valence-electron chi connectivity index (χ4n) is 3.34. The molecule has 10 heteroatoms. The number of halogens is 1. The average molecular weight is 501 g/mol. The first-order valence-electron chi connectivity index (χ1n) is 11.3. The van der Waals surface area contributed by atoms with Gasteiger partial charge in [-0.1, -0.05) is 37.6 Å². The second kappa shape index (κ2) is 12.9. The molecule has 0 spiro atoms. The standard InChI is InChI=1S/C25H29ClN4O5/c1-17(2)23(28-24(32)20-5-3-4-6-21(20)26)25(33)29-27-15-18-7-9-19(10-8-18)35-16-22(31)30-11-13-34-14-12-30/h3-10,15,17,23H,11-14,16H2,1-2H3,(H,28,32)(H,29,33)/b27-15+. The van der Waals surface area contributed by atoms with Crippen LogP contribution in [0, 0.1) is 5.92 Å². The van der Waals surface area contributed by atoms with Crippen molar-refractivity contribution in [3.63, 3.8) is 0 Å². The minimum atomic E-state index is -0.796. The second-order valence-electron chi connectivity index (χ2n) is 8.26. The van der Waals surface area contributed by atoms with Crippen molar-refractivity contribution in [2.75, 3.05) is 32.9 Å². The van der Waals surface area contributed by atoms with Gasteiger partial charge in [-0.3, -0.25) is 14.4 Å². The lowest BCUT2D eigenvalue weighted by Crippen LogP contribution is -2.48. The van der Waals surface area contributed by atoms with Crippen LogP contribution in [0.5, 0.6) is 5.75 Å². The maximum atomic E-state index is 12.6. The Bertz CT molecular complexity index is 1050. The van der Waals surface area contributed by atoms with Crippen LogP contribution in [-0.4, -0.2) is 67.8 Å². The predicted octanol–water partition coefficient (Wildman–Crippen LogP) is 2.48. The lowest BCUT2D eigenvalue weighted by Gasteiger charge is -2.26. The topological polar surface area (TPSA) is 109 Å².